The second kappa shape index (κ2) is 7.57. The number of hydrogen-bond donors (Lipinski definition) is 0. The Bertz CT molecular complexity index is 1110. The fourth-order valence-electron chi connectivity index (χ4n) is 3.81. The molecule has 1 saturated heterocycles. The Morgan fingerprint density at radius 1 is 1.17 bits per heavy atom. The van der Waals surface area contributed by atoms with Crippen LogP contribution in [0.5, 0.6) is 0 Å². The first-order chi connectivity index (χ1) is 13.7. The largest absolute Gasteiger partial charge is 0.368 e. The molecule has 3 aromatic rings. The first-order valence-electron chi connectivity index (χ1n) is 9.61. The van der Waals surface area contributed by atoms with E-state index in [1.54, 1.807) is 17.4 Å². The van der Waals surface area contributed by atoms with E-state index < -0.39 is 15.7 Å². The highest BCUT2D eigenvalue weighted by Crippen LogP contribution is 2.34. The molecule has 2 heterocycles. The molecule has 0 N–H and O–H groups in total. The molecule has 4 rings (SSSR count). The number of aromatic nitrogens is 1. The maximum atomic E-state index is 14.0. The zero-order chi connectivity index (χ0) is 20.8. The SMILES string of the molecule is CC(C)C1CN(c2ccc(F)c(S(C)(=O)=O)c2)CCN1c1nc2ccccc2s1. The third-order valence-corrected chi connectivity index (χ3v) is 7.58. The van der Waals surface area contributed by atoms with Crippen LogP contribution < -0.4 is 9.80 Å². The van der Waals surface area contributed by atoms with E-state index in [9.17, 15) is 12.8 Å². The summed E-state index contributed by atoms with van der Waals surface area (Å²) in [6.07, 6.45) is 1.04. The Kier molecular flexibility index (Phi) is 5.25. The van der Waals surface area contributed by atoms with Crippen molar-refractivity contribution in [3.05, 3.63) is 48.3 Å². The zero-order valence-corrected chi connectivity index (χ0v) is 18.3. The lowest BCUT2D eigenvalue weighted by atomic mass is 9.99. The van der Waals surface area contributed by atoms with E-state index in [1.807, 2.05) is 18.2 Å². The summed E-state index contributed by atoms with van der Waals surface area (Å²) in [6, 6.07) is 12.7. The van der Waals surface area contributed by atoms with Crippen molar-refractivity contribution >= 4 is 42.2 Å². The Morgan fingerprint density at radius 3 is 2.62 bits per heavy atom. The molecule has 1 fully saturated rings. The summed E-state index contributed by atoms with van der Waals surface area (Å²) in [5.41, 5.74) is 1.75. The molecule has 1 aromatic heterocycles. The molecule has 1 unspecified atom stereocenters. The molecule has 29 heavy (non-hydrogen) atoms. The van der Waals surface area contributed by atoms with Crippen LogP contribution in [0.1, 0.15) is 13.8 Å². The molecule has 0 saturated carbocycles. The van der Waals surface area contributed by atoms with Gasteiger partial charge >= 0.3 is 0 Å². The molecule has 0 aliphatic carbocycles. The molecule has 1 aliphatic heterocycles. The smallest absolute Gasteiger partial charge is 0.186 e. The van der Waals surface area contributed by atoms with Crippen LogP contribution in [0, 0.1) is 11.7 Å². The maximum Gasteiger partial charge on any atom is 0.186 e. The van der Waals surface area contributed by atoms with E-state index in [0.717, 1.165) is 35.7 Å². The van der Waals surface area contributed by atoms with Gasteiger partial charge in [-0.3, -0.25) is 0 Å². The van der Waals surface area contributed by atoms with Crippen molar-refractivity contribution in [1.82, 2.24) is 4.98 Å². The molecule has 154 valence electrons. The predicted molar refractivity (Wildman–Crippen MR) is 117 cm³/mol. The van der Waals surface area contributed by atoms with E-state index in [-0.39, 0.29) is 10.9 Å². The van der Waals surface area contributed by atoms with E-state index in [0.29, 0.717) is 12.5 Å². The number of benzene rings is 2. The van der Waals surface area contributed by atoms with E-state index in [1.165, 1.54) is 16.8 Å². The Morgan fingerprint density at radius 2 is 1.93 bits per heavy atom. The number of piperazine rings is 1. The summed E-state index contributed by atoms with van der Waals surface area (Å²) >= 11 is 1.70. The van der Waals surface area contributed by atoms with Gasteiger partial charge in [0.2, 0.25) is 0 Å². The molecule has 0 amide bonds. The number of sulfone groups is 1. The Hall–Kier alpha value is -2.19. The molecule has 0 bridgehead atoms. The van der Waals surface area contributed by atoms with Gasteiger partial charge in [0.05, 0.1) is 16.3 Å². The molecule has 0 spiro atoms. The third kappa shape index (κ3) is 3.96. The highest BCUT2D eigenvalue weighted by Gasteiger charge is 2.32. The van der Waals surface area contributed by atoms with E-state index in [4.69, 9.17) is 4.98 Å². The summed E-state index contributed by atoms with van der Waals surface area (Å²) in [5, 5.41) is 1.01. The lowest BCUT2D eigenvalue weighted by Gasteiger charge is -2.44. The van der Waals surface area contributed by atoms with Gasteiger partial charge in [0.25, 0.3) is 0 Å². The van der Waals surface area contributed by atoms with Crippen molar-refractivity contribution in [2.45, 2.75) is 24.8 Å². The first-order valence-corrected chi connectivity index (χ1v) is 12.3. The van der Waals surface area contributed by atoms with Gasteiger partial charge in [-0.05, 0) is 36.2 Å². The number of thiazole rings is 1. The highest BCUT2D eigenvalue weighted by molar-refractivity contribution is 7.90. The van der Waals surface area contributed by atoms with Crippen molar-refractivity contribution in [2.75, 3.05) is 35.7 Å². The summed E-state index contributed by atoms with van der Waals surface area (Å²) in [5.74, 6) is -0.329. The number of anilines is 2. The first kappa shape index (κ1) is 20.1. The van der Waals surface area contributed by atoms with Crippen LogP contribution in [0.4, 0.5) is 15.2 Å². The second-order valence-electron chi connectivity index (χ2n) is 7.80. The minimum absolute atomic E-state index is 0.219. The molecular weight excluding hydrogens is 409 g/mol. The molecule has 1 aliphatic rings. The lowest BCUT2D eigenvalue weighted by molar-refractivity contribution is 0.418. The van der Waals surface area contributed by atoms with Crippen molar-refractivity contribution in [2.24, 2.45) is 5.92 Å². The van der Waals surface area contributed by atoms with Crippen molar-refractivity contribution in [3.63, 3.8) is 0 Å². The number of fused-ring (bicyclic) bond motifs is 1. The summed E-state index contributed by atoms with van der Waals surface area (Å²) in [7, 11) is -3.61. The van der Waals surface area contributed by atoms with Crippen LogP contribution in [0.3, 0.4) is 0 Å². The van der Waals surface area contributed by atoms with Crippen molar-refractivity contribution < 1.29 is 12.8 Å². The maximum absolute atomic E-state index is 14.0. The predicted octanol–water partition coefficient (Wildman–Crippen LogP) is 4.19. The molecule has 8 heteroatoms. The fourth-order valence-corrected chi connectivity index (χ4v) is 5.61. The second-order valence-corrected chi connectivity index (χ2v) is 10.8. The molecule has 5 nitrogen and oxygen atoms in total. The van der Waals surface area contributed by atoms with Gasteiger partial charge in [0, 0.05) is 31.6 Å². The van der Waals surface area contributed by atoms with Crippen molar-refractivity contribution in [1.29, 1.82) is 0 Å². The van der Waals surface area contributed by atoms with Gasteiger partial charge in [-0.2, -0.15) is 0 Å². The van der Waals surface area contributed by atoms with Gasteiger partial charge in [-0.25, -0.2) is 17.8 Å². The van der Waals surface area contributed by atoms with E-state index >= 15 is 0 Å². The van der Waals surface area contributed by atoms with E-state index in [2.05, 4.69) is 29.7 Å². The number of hydrogen-bond acceptors (Lipinski definition) is 6. The Balaban J connectivity index is 1.63. The quantitative estimate of drug-likeness (QED) is 0.618. The Labute approximate surface area is 174 Å². The van der Waals surface area contributed by atoms with Crippen LogP contribution in [-0.2, 0) is 9.84 Å². The van der Waals surface area contributed by atoms with Crippen LogP contribution in [0.15, 0.2) is 47.4 Å². The van der Waals surface area contributed by atoms with Gasteiger partial charge in [0.15, 0.2) is 15.0 Å². The molecule has 2 aromatic carbocycles. The average Bonchev–Trinajstić information content (AvgIpc) is 3.11. The minimum atomic E-state index is -3.61. The lowest BCUT2D eigenvalue weighted by Crippen LogP contribution is -2.55. The zero-order valence-electron chi connectivity index (χ0n) is 16.7. The minimum Gasteiger partial charge on any atom is -0.368 e. The molecule has 0 radical (unpaired) electrons. The monoisotopic (exact) mass is 433 g/mol. The standard InChI is InChI=1S/C21H24FN3O2S2/c1-14(2)18-13-24(15-8-9-16(22)20(12-15)29(3,26)27)10-11-25(18)21-23-17-6-4-5-7-19(17)28-21/h4-9,12,14,18H,10-11,13H2,1-3H3. The summed E-state index contributed by atoms with van der Waals surface area (Å²) in [6.45, 7) is 6.58. The summed E-state index contributed by atoms with van der Waals surface area (Å²) in [4.78, 5) is 9.07. The molecular formula is C21H24FN3O2S2. The van der Waals surface area contributed by atoms with Gasteiger partial charge in [0.1, 0.15) is 10.7 Å². The van der Waals surface area contributed by atoms with Crippen LogP contribution in [-0.4, -0.2) is 45.3 Å². The number of nitrogens with zero attached hydrogens (tertiary/aromatic N) is 3. The third-order valence-electron chi connectivity index (χ3n) is 5.40. The molecule has 1 atom stereocenters. The number of para-hydroxylation sites is 1. The number of halogens is 1. The van der Waals surface area contributed by atoms with Crippen LogP contribution in [0.25, 0.3) is 10.2 Å². The van der Waals surface area contributed by atoms with Crippen LogP contribution >= 0.6 is 11.3 Å². The normalized spacial score (nSPS) is 18.0. The van der Waals surface area contributed by atoms with Crippen LogP contribution in [0.2, 0.25) is 0 Å². The number of rotatable bonds is 4. The highest BCUT2D eigenvalue weighted by atomic mass is 32.2. The average molecular weight is 434 g/mol. The van der Waals surface area contributed by atoms with Gasteiger partial charge in [-0.15, -0.1) is 0 Å². The van der Waals surface area contributed by atoms with Gasteiger partial charge in [-0.1, -0.05) is 37.3 Å². The topological polar surface area (TPSA) is 53.5 Å². The fraction of sp³-hybridized carbons (Fsp3) is 0.381. The van der Waals surface area contributed by atoms with Crippen molar-refractivity contribution in [3.8, 4) is 0 Å². The summed E-state index contributed by atoms with van der Waals surface area (Å²) < 4.78 is 39.0. The van der Waals surface area contributed by atoms with Gasteiger partial charge < -0.3 is 9.80 Å².